The minimum atomic E-state index is -1.14. The van der Waals surface area contributed by atoms with Gasteiger partial charge in [-0.3, -0.25) is 4.79 Å². The molecule has 0 amide bonds. The first-order valence-electron chi connectivity index (χ1n) is 8.12. The summed E-state index contributed by atoms with van der Waals surface area (Å²) in [6, 6.07) is 2.96. The topological polar surface area (TPSA) is 78.4 Å². The van der Waals surface area contributed by atoms with E-state index in [0.717, 1.165) is 11.7 Å². The van der Waals surface area contributed by atoms with Gasteiger partial charge in [0, 0.05) is 27.5 Å². The fourth-order valence-corrected chi connectivity index (χ4v) is 3.03. The van der Waals surface area contributed by atoms with E-state index in [2.05, 4.69) is 29.6 Å². The standard InChI is InChI=1S/C16H27N3O4Si/c1-21-5-6-22-10-13-9-14-15(16(20)18-11-17-14)19(13)12-23-7-8-24(2,3)4/h9,11H,5-8,10,12H2,1-4H3,(H,17,18,20). The number of fused-ring (bicyclic) bond motifs is 1. The van der Waals surface area contributed by atoms with Gasteiger partial charge in [0.15, 0.2) is 0 Å². The smallest absolute Gasteiger partial charge is 0.275 e. The van der Waals surface area contributed by atoms with Crippen LogP contribution < -0.4 is 5.56 Å². The highest BCUT2D eigenvalue weighted by Crippen LogP contribution is 2.16. The van der Waals surface area contributed by atoms with E-state index in [-0.39, 0.29) is 5.56 Å². The molecule has 2 rings (SSSR count). The maximum absolute atomic E-state index is 12.2. The van der Waals surface area contributed by atoms with E-state index in [1.807, 2.05) is 10.6 Å². The molecule has 0 spiro atoms. The Kier molecular flexibility index (Phi) is 6.73. The van der Waals surface area contributed by atoms with Crippen LogP contribution in [0.15, 0.2) is 17.2 Å². The molecule has 1 N–H and O–H groups in total. The fraction of sp³-hybridized carbons (Fsp3) is 0.625. The summed E-state index contributed by atoms with van der Waals surface area (Å²) in [7, 11) is 0.494. The molecule has 2 aromatic rings. The van der Waals surface area contributed by atoms with Gasteiger partial charge in [-0.1, -0.05) is 19.6 Å². The molecular formula is C16H27N3O4Si. The van der Waals surface area contributed by atoms with Crippen molar-refractivity contribution in [3.8, 4) is 0 Å². The second kappa shape index (κ2) is 8.57. The first kappa shape index (κ1) is 18.8. The minimum Gasteiger partial charge on any atom is -0.382 e. The highest BCUT2D eigenvalue weighted by Gasteiger charge is 2.15. The molecular weight excluding hydrogens is 326 g/mol. The van der Waals surface area contributed by atoms with Crippen molar-refractivity contribution in [3.05, 3.63) is 28.4 Å². The van der Waals surface area contributed by atoms with Crippen LogP contribution >= 0.6 is 0 Å². The Bertz CT molecular complexity index is 705. The van der Waals surface area contributed by atoms with Gasteiger partial charge in [-0.2, -0.15) is 0 Å². The Hall–Kier alpha value is -1.48. The maximum atomic E-state index is 12.2. The molecule has 0 radical (unpaired) electrons. The number of methoxy groups -OCH3 is 1. The van der Waals surface area contributed by atoms with Crippen molar-refractivity contribution in [2.24, 2.45) is 0 Å². The van der Waals surface area contributed by atoms with Gasteiger partial charge in [-0.05, 0) is 12.1 Å². The lowest BCUT2D eigenvalue weighted by Gasteiger charge is -2.16. The van der Waals surface area contributed by atoms with Crippen LogP contribution in [0.1, 0.15) is 5.69 Å². The van der Waals surface area contributed by atoms with Gasteiger partial charge in [-0.15, -0.1) is 0 Å². The number of hydrogen-bond acceptors (Lipinski definition) is 5. The molecule has 0 aliphatic carbocycles. The third-order valence-electron chi connectivity index (χ3n) is 3.68. The maximum Gasteiger partial charge on any atom is 0.275 e. The summed E-state index contributed by atoms with van der Waals surface area (Å²) < 4.78 is 18.2. The van der Waals surface area contributed by atoms with Crippen molar-refractivity contribution in [1.82, 2.24) is 14.5 Å². The van der Waals surface area contributed by atoms with Gasteiger partial charge in [0.25, 0.3) is 5.56 Å². The Morgan fingerprint density at radius 3 is 2.71 bits per heavy atom. The van der Waals surface area contributed by atoms with Gasteiger partial charge in [0.2, 0.25) is 0 Å². The molecule has 134 valence electrons. The number of aromatic amines is 1. The molecule has 0 atom stereocenters. The molecule has 0 unspecified atom stereocenters. The second-order valence-corrected chi connectivity index (χ2v) is 12.5. The van der Waals surface area contributed by atoms with Crippen molar-refractivity contribution < 1.29 is 14.2 Å². The Morgan fingerprint density at radius 1 is 1.21 bits per heavy atom. The number of ether oxygens (including phenoxy) is 3. The average molecular weight is 353 g/mol. The van der Waals surface area contributed by atoms with Crippen molar-refractivity contribution in [3.63, 3.8) is 0 Å². The van der Waals surface area contributed by atoms with E-state index in [1.54, 1.807) is 7.11 Å². The van der Waals surface area contributed by atoms with E-state index in [1.165, 1.54) is 6.33 Å². The minimum absolute atomic E-state index is 0.170. The van der Waals surface area contributed by atoms with Crippen LogP contribution in [0, 0.1) is 0 Å². The summed E-state index contributed by atoms with van der Waals surface area (Å²) >= 11 is 0. The molecule has 0 aliphatic rings. The van der Waals surface area contributed by atoms with E-state index in [4.69, 9.17) is 14.2 Å². The summed E-state index contributed by atoms with van der Waals surface area (Å²) in [6.07, 6.45) is 1.41. The summed E-state index contributed by atoms with van der Waals surface area (Å²) in [6.45, 7) is 9.37. The molecule has 8 heteroatoms. The Morgan fingerprint density at radius 2 is 2.00 bits per heavy atom. The van der Waals surface area contributed by atoms with Crippen LogP contribution in [0.25, 0.3) is 11.0 Å². The van der Waals surface area contributed by atoms with Crippen LogP contribution in [-0.4, -0.2) is 49.5 Å². The van der Waals surface area contributed by atoms with Gasteiger partial charge in [0.05, 0.1) is 31.7 Å². The molecule has 0 aliphatic heterocycles. The third kappa shape index (κ3) is 5.27. The number of hydrogen-bond donors (Lipinski definition) is 1. The van der Waals surface area contributed by atoms with E-state index in [9.17, 15) is 4.79 Å². The van der Waals surface area contributed by atoms with Crippen molar-refractivity contribution in [2.75, 3.05) is 26.9 Å². The largest absolute Gasteiger partial charge is 0.382 e. The molecule has 24 heavy (non-hydrogen) atoms. The SMILES string of the molecule is COCCOCc1cc2nc[nH]c(=O)c2n1COCC[Si](C)(C)C. The van der Waals surface area contributed by atoms with Gasteiger partial charge < -0.3 is 23.8 Å². The summed E-state index contributed by atoms with van der Waals surface area (Å²) in [5, 5.41) is 0. The molecule has 2 heterocycles. The van der Waals surface area contributed by atoms with E-state index in [0.29, 0.717) is 44.2 Å². The predicted molar refractivity (Wildman–Crippen MR) is 96.0 cm³/mol. The van der Waals surface area contributed by atoms with Gasteiger partial charge >= 0.3 is 0 Å². The zero-order valence-electron chi connectivity index (χ0n) is 14.9. The van der Waals surface area contributed by atoms with Gasteiger partial charge in [0.1, 0.15) is 12.2 Å². The van der Waals surface area contributed by atoms with Crippen LogP contribution in [-0.2, 0) is 27.5 Å². The van der Waals surface area contributed by atoms with Gasteiger partial charge in [-0.25, -0.2) is 4.98 Å². The Labute approximate surface area is 143 Å². The first-order chi connectivity index (χ1) is 11.4. The Balaban J connectivity index is 2.12. The fourth-order valence-electron chi connectivity index (χ4n) is 2.27. The number of H-pyrrole nitrogens is 1. The molecule has 7 nitrogen and oxygen atoms in total. The number of aromatic nitrogens is 3. The van der Waals surface area contributed by atoms with Crippen molar-refractivity contribution >= 4 is 19.1 Å². The number of nitrogens with one attached hydrogen (secondary N) is 1. The summed E-state index contributed by atoms with van der Waals surface area (Å²) in [4.78, 5) is 19.0. The molecule has 0 aromatic carbocycles. The lowest BCUT2D eigenvalue weighted by atomic mass is 10.4. The van der Waals surface area contributed by atoms with Crippen LogP contribution in [0.2, 0.25) is 25.7 Å². The zero-order chi connectivity index (χ0) is 17.6. The van der Waals surface area contributed by atoms with E-state index >= 15 is 0 Å². The number of nitrogens with zero attached hydrogens (tertiary/aromatic N) is 2. The summed E-state index contributed by atoms with van der Waals surface area (Å²) in [5.41, 5.74) is 1.88. The van der Waals surface area contributed by atoms with Crippen molar-refractivity contribution in [1.29, 1.82) is 0 Å². The average Bonchev–Trinajstić information content (AvgIpc) is 2.86. The second-order valence-electron chi connectivity index (χ2n) is 6.92. The lowest BCUT2D eigenvalue weighted by Crippen LogP contribution is -2.22. The monoisotopic (exact) mass is 353 g/mol. The summed E-state index contributed by atoms with van der Waals surface area (Å²) in [5.74, 6) is 0. The third-order valence-corrected chi connectivity index (χ3v) is 5.38. The quantitative estimate of drug-likeness (QED) is 0.523. The molecule has 0 bridgehead atoms. The molecule has 0 saturated carbocycles. The molecule has 2 aromatic heterocycles. The molecule has 0 fully saturated rings. The highest BCUT2D eigenvalue weighted by atomic mass is 28.3. The first-order valence-corrected chi connectivity index (χ1v) is 11.8. The normalized spacial score (nSPS) is 12.2. The molecule has 0 saturated heterocycles. The lowest BCUT2D eigenvalue weighted by molar-refractivity contribution is 0.0506. The van der Waals surface area contributed by atoms with Crippen LogP contribution in [0.3, 0.4) is 0 Å². The van der Waals surface area contributed by atoms with Crippen LogP contribution in [0.4, 0.5) is 0 Å². The zero-order valence-corrected chi connectivity index (χ0v) is 15.9. The highest BCUT2D eigenvalue weighted by molar-refractivity contribution is 6.76. The van der Waals surface area contributed by atoms with E-state index < -0.39 is 8.07 Å². The van der Waals surface area contributed by atoms with Crippen molar-refractivity contribution in [2.45, 2.75) is 39.0 Å². The predicted octanol–water partition coefficient (Wildman–Crippen LogP) is 2.20. The van der Waals surface area contributed by atoms with Crippen LogP contribution in [0.5, 0.6) is 0 Å². The number of rotatable bonds is 10.